The van der Waals surface area contributed by atoms with Crippen molar-refractivity contribution in [3.8, 4) is 5.75 Å². The molecule has 1 aliphatic heterocycles. The molecule has 0 bridgehead atoms. The Bertz CT molecular complexity index is 462. The van der Waals surface area contributed by atoms with Crippen molar-refractivity contribution in [2.24, 2.45) is 0 Å². The first-order valence-electron chi connectivity index (χ1n) is 5.90. The van der Waals surface area contributed by atoms with E-state index in [-0.39, 0.29) is 5.91 Å². The summed E-state index contributed by atoms with van der Waals surface area (Å²) in [5.74, 6) is 0.326. The minimum Gasteiger partial charge on any atom is -0.479 e. The maximum atomic E-state index is 11.7. The summed E-state index contributed by atoms with van der Waals surface area (Å²) in [5.41, 5.74) is 0.484. The standard InChI is InChI=1S/C13H14ClNO3/c14-10-7-9(8-16)4-5-11(10)18-12-3-1-2-6-15-13(12)17/h4-5,7-8,12H,1-3,6H2,(H,15,17). The third kappa shape index (κ3) is 3.01. The van der Waals surface area contributed by atoms with E-state index in [1.807, 2.05) is 0 Å². The fourth-order valence-electron chi connectivity index (χ4n) is 1.86. The third-order valence-corrected chi connectivity index (χ3v) is 3.14. The van der Waals surface area contributed by atoms with Crippen molar-refractivity contribution in [3.63, 3.8) is 0 Å². The van der Waals surface area contributed by atoms with Gasteiger partial charge in [-0.3, -0.25) is 9.59 Å². The summed E-state index contributed by atoms with van der Waals surface area (Å²) in [6.45, 7) is 0.691. The van der Waals surface area contributed by atoms with Gasteiger partial charge in [0.2, 0.25) is 0 Å². The van der Waals surface area contributed by atoms with Crippen molar-refractivity contribution in [1.29, 1.82) is 0 Å². The second-order valence-corrected chi connectivity index (χ2v) is 4.61. The largest absolute Gasteiger partial charge is 0.479 e. The van der Waals surface area contributed by atoms with E-state index in [9.17, 15) is 9.59 Å². The molecule has 1 aliphatic rings. The van der Waals surface area contributed by atoms with Crippen LogP contribution >= 0.6 is 11.6 Å². The van der Waals surface area contributed by atoms with Crippen LogP contribution in [-0.2, 0) is 4.79 Å². The van der Waals surface area contributed by atoms with E-state index in [0.717, 1.165) is 12.8 Å². The van der Waals surface area contributed by atoms with Gasteiger partial charge in [-0.05, 0) is 37.5 Å². The Morgan fingerprint density at radius 3 is 2.94 bits per heavy atom. The van der Waals surface area contributed by atoms with Gasteiger partial charge in [-0.25, -0.2) is 0 Å². The number of ether oxygens (including phenoxy) is 1. The molecule has 0 radical (unpaired) electrons. The maximum Gasteiger partial charge on any atom is 0.261 e. The molecule has 2 rings (SSSR count). The molecular formula is C13H14ClNO3. The summed E-state index contributed by atoms with van der Waals surface area (Å²) in [6.07, 6.45) is 2.79. The van der Waals surface area contributed by atoms with E-state index < -0.39 is 6.10 Å². The van der Waals surface area contributed by atoms with Gasteiger partial charge in [0.15, 0.2) is 6.10 Å². The molecule has 1 heterocycles. The highest BCUT2D eigenvalue weighted by Gasteiger charge is 2.23. The molecule has 1 unspecified atom stereocenters. The highest BCUT2D eigenvalue weighted by molar-refractivity contribution is 6.32. The van der Waals surface area contributed by atoms with Gasteiger partial charge in [0, 0.05) is 12.1 Å². The second-order valence-electron chi connectivity index (χ2n) is 4.20. The number of amides is 1. The number of carbonyl (C=O) groups excluding carboxylic acids is 2. The van der Waals surface area contributed by atoms with Crippen LogP contribution in [0.1, 0.15) is 29.6 Å². The molecule has 0 spiro atoms. The molecular weight excluding hydrogens is 254 g/mol. The summed E-state index contributed by atoms with van der Waals surface area (Å²) in [4.78, 5) is 22.3. The van der Waals surface area contributed by atoms with E-state index in [2.05, 4.69) is 5.32 Å². The number of benzene rings is 1. The minimum absolute atomic E-state index is 0.108. The lowest BCUT2D eigenvalue weighted by Gasteiger charge is -2.16. The summed E-state index contributed by atoms with van der Waals surface area (Å²) in [5, 5.41) is 3.14. The molecule has 1 aromatic rings. The van der Waals surface area contributed by atoms with Crippen molar-refractivity contribution >= 4 is 23.8 Å². The first kappa shape index (κ1) is 12.9. The number of halogens is 1. The zero-order valence-corrected chi connectivity index (χ0v) is 10.6. The summed E-state index contributed by atoms with van der Waals surface area (Å²) in [6, 6.07) is 4.76. The molecule has 5 heteroatoms. The molecule has 18 heavy (non-hydrogen) atoms. The SMILES string of the molecule is O=Cc1ccc(OC2CCCCNC2=O)c(Cl)c1. The van der Waals surface area contributed by atoms with Gasteiger partial charge >= 0.3 is 0 Å². The highest BCUT2D eigenvalue weighted by atomic mass is 35.5. The van der Waals surface area contributed by atoms with Gasteiger partial charge in [-0.2, -0.15) is 0 Å². The average molecular weight is 268 g/mol. The molecule has 1 atom stereocenters. The maximum absolute atomic E-state index is 11.7. The van der Waals surface area contributed by atoms with Crippen LogP contribution in [0.25, 0.3) is 0 Å². The monoisotopic (exact) mass is 267 g/mol. The summed E-state index contributed by atoms with van der Waals surface area (Å²) in [7, 11) is 0. The van der Waals surface area contributed by atoms with Gasteiger partial charge < -0.3 is 10.1 Å². The predicted octanol–water partition coefficient (Wildman–Crippen LogP) is 2.20. The van der Waals surface area contributed by atoms with Gasteiger partial charge in [-0.15, -0.1) is 0 Å². The Morgan fingerprint density at radius 1 is 1.39 bits per heavy atom. The molecule has 1 amide bonds. The van der Waals surface area contributed by atoms with Crippen molar-refractivity contribution < 1.29 is 14.3 Å². The number of carbonyl (C=O) groups is 2. The van der Waals surface area contributed by atoms with E-state index in [1.165, 1.54) is 6.07 Å². The van der Waals surface area contributed by atoms with Crippen LogP contribution in [-0.4, -0.2) is 24.8 Å². The van der Waals surface area contributed by atoms with Gasteiger partial charge in [0.25, 0.3) is 5.91 Å². The van der Waals surface area contributed by atoms with Crippen LogP contribution in [0.15, 0.2) is 18.2 Å². The lowest BCUT2D eigenvalue weighted by molar-refractivity contribution is -0.127. The lowest BCUT2D eigenvalue weighted by Crippen LogP contribution is -2.36. The lowest BCUT2D eigenvalue weighted by atomic mass is 10.2. The van der Waals surface area contributed by atoms with Crippen LogP contribution < -0.4 is 10.1 Å². The molecule has 1 saturated heterocycles. The Balaban J connectivity index is 2.12. The van der Waals surface area contributed by atoms with Crippen LogP contribution in [0, 0.1) is 0 Å². The Hall–Kier alpha value is -1.55. The van der Waals surface area contributed by atoms with E-state index in [1.54, 1.807) is 12.1 Å². The van der Waals surface area contributed by atoms with Gasteiger partial charge in [0.1, 0.15) is 12.0 Å². The molecule has 96 valence electrons. The van der Waals surface area contributed by atoms with Crippen molar-refractivity contribution in [1.82, 2.24) is 5.32 Å². The topological polar surface area (TPSA) is 55.4 Å². The van der Waals surface area contributed by atoms with Crippen molar-refractivity contribution in [2.45, 2.75) is 25.4 Å². The van der Waals surface area contributed by atoms with E-state index >= 15 is 0 Å². The molecule has 0 aromatic heterocycles. The van der Waals surface area contributed by atoms with E-state index in [0.29, 0.717) is 35.6 Å². The fraction of sp³-hybridized carbons (Fsp3) is 0.385. The molecule has 4 nitrogen and oxygen atoms in total. The summed E-state index contributed by atoms with van der Waals surface area (Å²) >= 11 is 6.00. The Labute approximate surface area is 110 Å². The number of rotatable bonds is 3. The summed E-state index contributed by atoms with van der Waals surface area (Å²) < 4.78 is 5.62. The zero-order valence-electron chi connectivity index (χ0n) is 9.82. The minimum atomic E-state index is -0.507. The average Bonchev–Trinajstić information content (AvgIpc) is 2.57. The number of hydrogen-bond acceptors (Lipinski definition) is 3. The molecule has 1 aromatic carbocycles. The fourth-order valence-corrected chi connectivity index (χ4v) is 2.10. The predicted molar refractivity (Wildman–Crippen MR) is 68.1 cm³/mol. The third-order valence-electron chi connectivity index (χ3n) is 2.85. The van der Waals surface area contributed by atoms with Crippen LogP contribution in [0.2, 0.25) is 5.02 Å². The van der Waals surface area contributed by atoms with Gasteiger partial charge in [-0.1, -0.05) is 11.6 Å². The van der Waals surface area contributed by atoms with Gasteiger partial charge in [0.05, 0.1) is 5.02 Å². The molecule has 0 saturated carbocycles. The number of aldehydes is 1. The van der Waals surface area contributed by atoms with Crippen LogP contribution in [0.3, 0.4) is 0 Å². The normalized spacial score (nSPS) is 19.8. The van der Waals surface area contributed by atoms with E-state index in [4.69, 9.17) is 16.3 Å². The second kappa shape index (κ2) is 5.87. The first-order chi connectivity index (χ1) is 8.70. The highest BCUT2D eigenvalue weighted by Crippen LogP contribution is 2.27. The van der Waals surface area contributed by atoms with Crippen LogP contribution in [0.5, 0.6) is 5.75 Å². The molecule has 1 N–H and O–H groups in total. The molecule has 0 aliphatic carbocycles. The molecule has 1 fully saturated rings. The Kier molecular flexibility index (Phi) is 4.20. The smallest absolute Gasteiger partial charge is 0.261 e. The number of hydrogen-bond donors (Lipinski definition) is 1. The quantitative estimate of drug-likeness (QED) is 0.854. The number of nitrogens with one attached hydrogen (secondary N) is 1. The van der Waals surface area contributed by atoms with Crippen molar-refractivity contribution in [3.05, 3.63) is 28.8 Å². The Morgan fingerprint density at radius 2 is 2.22 bits per heavy atom. The zero-order chi connectivity index (χ0) is 13.0. The van der Waals surface area contributed by atoms with Crippen LogP contribution in [0.4, 0.5) is 0 Å². The van der Waals surface area contributed by atoms with Crippen molar-refractivity contribution in [2.75, 3.05) is 6.54 Å². The first-order valence-corrected chi connectivity index (χ1v) is 6.27.